The van der Waals surface area contributed by atoms with Gasteiger partial charge in [-0.05, 0) is 52.7 Å². The van der Waals surface area contributed by atoms with Crippen molar-refractivity contribution in [3.63, 3.8) is 0 Å². The Kier molecular flexibility index (Phi) is 6.08. The Bertz CT molecular complexity index is 312. The van der Waals surface area contributed by atoms with Gasteiger partial charge in [-0.1, -0.05) is 0 Å². The van der Waals surface area contributed by atoms with Crippen LogP contribution in [0.15, 0.2) is 0 Å². The second-order valence-electron chi connectivity index (χ2n) is 5.70. The maximum Gasteiger partial charge on any atom is 0.314 e. The molecule has 1 saturated heterocycles. The van der Waals surface area contributed by atoms with Crippen LogP contribution in [0.5, 0.6) is 0 Å². The molecule has 0 saturated carbocycles. The van der Waals surface area contributed by atoms with E-state index in [-0.39, 0.29) is 12.6 Å². The summed E-state index contributed by atoms with van der Waals surface area (Å²) in [6.45, 7) is 7.26. The molecule has 110 valence electrons. The number of aliphatic carboxylic acids is 1. The molecule has 1 fully saturated rings. The van der Waals surface area contributed by atoms with E-state index in [4.69, 9.17) is 5.11 Å². The molecule has 1 heterocycles. The monoisotopic (exact) mass is 271 g/mol. The quantitative estimate of drug-likeness (QED) is 0.600. The van der Waals surface area contributed by atoms with E-state index in [1.54, 1.807) is 13.8 Å². The minimum atomic E-state index is -0.938. The fourth-order valence-corrected chi connectivity index (χ4v) is 1.95. The van der Waals surface area contributed by atoms with Gasteiger partial charge < -0.3 is 20.6 Å². The van der Waals surface area contributed by atoms with Crippen molar-refractivity contribution < 1.29 is 14.7 Å². The van der Waals surface area contributed by atoms with Crippen molar-refractivity contribution in [3.05, 3.63) is 0 Å². The third kappa shape index (κ3) is 5.92. The van der Waals surface area contributed by atoms with Gasteiger partial charge in [-0.2, -0.15) is 0 Å². The number of carboxylic acid groups (broad SMARTS) is 1. The highest BCUT2D eigenvalue weighted by molar-refractivity contribution is 5.77. The molecular formula is C13H25N3O3. The molecule has 2 amide bonds. The fourth-order valence-electron chi connectivity index (χ4n) is 1.95. The lowest BCUT2D eigenvalue weighted by atomic mass is 9.94. The Morgan fingerprint density at radius 1 is 1.21 bits per heavy atom. The van der Waals surface area contributed by atoms with E-state index in [0.717, 1.165) is 13.0 Å². The van der Waals surface area contributed by atoms with Crippen LogP contribution >= 0.6 is 0 Å². The van der Waals surface area contributed by atoms with E-state index in [1.807, 2.05) is 0 Å². The molecular weight excluding hydrogens is 246 g/mol. The van der Waals surface area contributed by atoms with E-state index < -0.39 is 11.4 Å². The summed E-state index contributed by atoms with van der Waals surface area (Å²) in [5.74, 6) is -0.915. The van der Waals surface area contributed by atoms with Crippen molar-refractivity contribution in [2.75, 3.05) is 32.7 Å². The lowest BCUT2D eigenvalue weighted by molar-refractivity contribution is -0.146. The van der Waals surface area contributed by atoms with Crippen LogP contribution in [0.2, 0.25) is 0 Å². The molecule has 0 aromatic rings. The molecule has 19 heavy (non-hydrogen) atoms. The van der Waals surface area contributed by atoms with Gasteiger partial charge in [-0.3, -0.25) is 4.79 Å². The minimum absolute atomic E-state index is 0.125. The van der Waals surface area contributed by atoms with Crippen molar-refractivity contribution in [1.82, 2.24) is 15.5 Å². The molecule has 3 N–H and O–H groups in total. The summed E-state index contributed by atoms with van der Waals surface area (Å²) in [5, 5.41) is 14.2. The number of nitrogens with one attached hydrogen (secondary N) is 2. The standard InChI is InChI=1S/C13H25N3O3/c1-13(2,11(17)18)10-15-12(19)14-6-5-9-16-7-3-4-8-16/h3-10H2,1-2H3,(H,17,18)(H2,14,15,19). The van der Waals surface area contributed by atoms with Crippen molar-refractivity contribution in [3.8, 4) is 0 Å². The van der Waals surface area contributed by atoms with Gasteiger partial charge >= 0.3 is 12.0 Å². The number of likely N-dealkylation sites (tertiary alicyclic amines) is 1. The predicted molar refractivity (Wildman–Crippen MR) is 73.1 cm³/mol. The number of nitrogens with zero attached hydrogens (tertiary/aromatic N) is 1. The van der Waals surface area contributed by atoms with Crippen LogP contribution in [-0.4, -0.2) is 54.7 Å². The molecule has 1 rings (SSSR count). The molecule has 6 nitrogen and oxygen atoms in total. The Morgan fingerprint density at radius 3 is 2.42 bits per heavy atom. The molecule has 0 aromatic heterocycles. The smallest absolute Gasteiger partial charge is 0.314 e. The Morgan fingerprint density at radius 2 is 1.84 bits per heavy atom. The Balaban J connectivity index is 2.06. The topological polar surface area (TPSA) is 81.7 Å². The summed E-state index contributed by atoms with van der Waals surface area (Å²) < 4.78 is 0. The minimum Gasteiger partial charge on any atom is -0.481 e. The number of carboxylic acids is 1. The maximum atomic E-state index is 11.5. The zero-order valence-electron chi connectivity index (χ0n) is 11.9. The number of rotatable bonds is 7. The summed E-state index contributed by atoms with van der Waals surface area (Å²) >= 11 is 0. The second-order valence-corrected chi connectivity index (χ2v) is 5.70. The first-order valence-electron chi connectivity index (χ1n) is 6.89. The van der Waals surface area contributed by atoms with Gasteiger partial charge in [0, 0.05) is 13.1 Å². The summed E-state index contributed by atoms with van der Waals surface area (Å²) in [6, 6.07) is -0.296. The summed E-state index contributed by atoms with van der Waals surface area (Å²) in [6.07, 6.45) is 3.48. The SMILES string of the molecule is CC(C)(CNC(=O)NCCCN1CCCC1)C(=O)O. The molecule has 0 bridgehead atoms. The van der Waals surface area contributed by atoms with Gasteiger partial charge in [0.05, 0.1) is 5.41 Å². The first kappa shape index (κ1) is 15.8. The summed E-state index contributed by atoms with van der Waals surface area (Å²) in [5.41, 5.74) is -0.938. The van der Waals surface area contributed by atoms with Crippen molar-refractivity contribution in [1.29, 1.82) is 0 Å². The van der Waals surface area contributed by atoms with Crippen molar-refractivity contribution in [2.24, 2.45) is 5.41 Å². The van der Waals surface area contributed by atoms with Gasteiger partial charge in [0.25, 0.3) is 0 Å². The zero-order valence-corrected chi connectivity index (χ0v) is 11.9. The van der Waals surface area contributed by atoms with Crippen LogP contribution in [0.4, 0.5) is 4.79 Å². The van der Waals surface area contributed by atoms with Gasteiger partial charge in [0.2, 0.25) is 0 Å². The Hall–Kier alpha value is -1.30. The number of carbonyl (C=O) groups is 2. The molecule has 0 unspecified atom stereocenters. The molecule has 0 radical (unpaired) electrons. The number of amides is 2. The van der Waals surface area contributed by atoms with E-state index >= 15 is 0 Å². The van der Waals surface area contributed by atoms with Gasteiger partial charge in [0.1, 0.15) is 0 Å². The van der Waals surface area contributed by atoms with E-state index in [1.165, 1.54) is 25.9 Å². The first-order valence-corrected chi connectivity index (χ1v) is 6.89. The van der Waals surface area contributed by atoms with Crippen LogP contribution < -0.4 is 10.6 Å². The normalized spacial score (nSPS) is 16.3. The lowest BCUT2D eigenvalue weighted by Crippen LogP contribution is -2.44. The van der Waals surface area contributed by atoms with Crippen LogP contribution in [0, 0.1) is 5.41 Å². The average Bonchev–Trinajstić information content (AvgIpc) is 2.85. The summed E-state index contributed by atoms with van der Waals surface area (Å²) in [4.78, 5) is 24.7. The highest BCUT2D eigenvalue weighted by Gasteiger charge is 2.27. The van der Waals surface area contributed by atoms with Crippen LogP contribution in [0.25, 0.3) is 0 Å². The molecule has 0 aliphatic carbocycles. The van der Waals surface area contributed by atoms with Crippen LogP contribution in [-0.2, 0) is 4.79 Å². The van der Waals surface area contributed by atoms with Gasteiger partial charge in [-0.25, -0.2) is 4.79 Å². The van der Waals surface area contributed by atoms with Crippen LogP contribution in [0.1, 0.15) is 33.1 Å². The number of urea groups is 1. The van der Waals surface area contributed by atoms with Crippen molar-refractivity contribution in [2.45, 2.75) is 33.1 Å². The molecule has 1 aliphatic heterocycles. The number of hydrogen-bond acceptors (Lipinski definition) is 3. The predicted octanol–water partition coefficient (Wildman–Crippen LogP) is 0.882. The number of carbonyl (C=O) groups excluding carboxylic acids is 1. The third-order valence-electron chi connectivity index (χ3n) is 3.41. The van der Waals surface area contributed by atoms with Gasteiger partial charge in [-0.15, -0.1) is 0 Å². The number of hydrogen-bond donors (Lipinski definition) is 3. The molecule has 0 spiro atoms. The Labute approximate surface area is 114 Å². The molecule has 1 aliphatic rings. The van der Waals surface area contributed by atoms with Crippen LogP contribution in [0.3, 0.4) is 0 Å². The second kappa shape index (κ2) is 7.33. The van der Waals surface area contributed by atoms with E-state index in [2.05, 4.69) is 15.5 Å². The fraction of sp³-hybridized carbons (Fsp3) is 0.846. The van der Waals surface area contributed by atoms with E-state index in [0.29, 0.717) is 6.54 Å². The average molecular weight is 271 g/mol. The zero-order chi connectivity index (χ0) is 14.3. The lowest BCUT2D eigenvalue weighted by Gasteiger charge is -2.20. The maximum absolute atomic E-state index is 11.5. The van der Waals surface area contributed by atoms with Crippen molar-refractivity contribution >= 4 is 12.0 Å². The third-order valence-corrected chi connectivity index (χ3v) is 3.41. The highest BCUT2D eigenvalue weighted by atomic mass is 16.4. The largest absolute Gasteiger partial charge is 0.481 e. The highest BCUT2D eigenvalue weighted by Crippen LogP contribution is 2.12. The van der Waals surface area contributed by atoms with E-state index in [9.17, 15) is 9.59 Å². The molecule has 6 heteroatoms. The first-order chi connectivity index (χ1) is 8.92. The molecule has 0 atom stereocenters. The molecule has 0 aromatic carbocycles. The van der Waals surface area contributed by atoms with Gasteiger partial charge in [0.15, 0.2) is 0 Å². The summed E-state index contributed by atoms with van der Waals surface area (Å²) in [7, 11) is 0.